The minimum Gasteiger partial charge on any atom is -0.302 e. The van der Waals surface area contributed by atoms with Crippen molar-refractivity contribution in [2.45, 2.75) is 19.3 Å². The number of anilines is 6. The van der Waals surface area contributed by atoms with Gasteiger partial charge in [-0.3, -0.25) is 0 Å². The van der Waals surface area contributed by atoms with E-state index in [9.17, 15) is 0 Å². The van der Waals surface area contributed by atoms with E-state index >= 15 is 0 Å². The van der Waals surface area contributed by atoms with Gasteiger partial charge in [-0.15, -0.1) is 22.7 Å². The van der Waals surface area contributed by atoms with E-state index in [4.69, 9.17) is 0 Å². The van der Waals surface area contributed by atoms with Crippen LogP contribution < -0.4 is 9.80 Å². The zero-order valence-electron chi connectivity index (χ0n) is 28.5. The van der Waals surface area contributed by atoms with E-state index in [2.05, 4.69) is 204 Å². The maximum Gasteiger partial charge on any atom is 0.0999 e. The van der Waals surface area contributed by atoms with Gasteiger partial charge in [0.15, 0.2) is 0 Å². The number of hydrogen-bond acceptors (Lipinski definition) is 4. The van der Waals surface area contributed by atoms with Gasteiger partial charge in [-0.1, -0.05) is 111 Å². The summed E-state index contributed by atoms with van der Waals surface area (Å²) in [6, 6.07) is 61.8. The van der Waals surface area contributed by atoms with Crippen LogP contribution in [0.2, 0.25) is 0 Å². The Kier molecular flexibility index (Phi) is 7.92. The quantitative estimate of drug-likeness (QED) is 0.156. The summed E-state index contributed by atoms with van der Waals surface area (Å²) >= 11 is 3.53. The highest BCUT2D eigenvalue weighted by Gasteiger charge is 2.37. The molecule has 0 spiro atoms. The summed E-state index contributed by atoms with van der Waals surface area (Å²) in [6.07, 6.45) is 0. The molecule has 0 atom stereocenters. The highest BCUT2D eigenvalue weighted by molar-refractivity contribution is 7.14. The third kappa shape index (κ3) is 5.67. The van der Waals surface area contributed by atoms with Crippen LogP contribution in [0.5, 0.6) is 0 Å². The van der Waals surface area contributed by atoms with Crippen LogP contribution in [0.15, 0.2) is 181 Å². The Morgan fingerprint density at radius 1 is 0.373 bits per heavy atom. The molecule has 0 amide bonds. The number of fused-ring (bicyclic) bond motifs is 3. The summed E-state index contributed by atoms with van der Waals surface area (Å²) in [5, 5.41) is 6.71. The molecular weight excluding hydrogens is 657 g/mol. The van der Waals surface area contributed by atoms with Crippen LogP contribution in [0, 0.1) is 0 Å². The molecule has 0 fully saturated rings. The minimum atomic E-state index is -0.187. The second kappa shape index (κ2) is 12.9. The van der Waals surface area contributed by atoms with Crippen LogP contribution in [0.25, 0.3) is 33.4 Å². The van der Waals surface area contributed by atoms with Gasteiger partial charge in [0, 0.05) is 28.2 Å². The van der Waals surface area contributed by atoms with E-state index in [0.717, 1.165) is 11.4 Å². The van der Waals surface area contributed by atoms with Crippen LogP contribution in [-0.2, 0) is 5.41 Å². The van der Waals surface area contributed by atoms with E-state index in [-0.39, 0.29) is 5.41 Å². The van der Waals surface area contributed by atoms with Crippen molar-refractivity contribution in [2.75, 3.05) is 9.80 Å². The van der Waals surface area contributed by atoms with Crippen molar-refractivity contribution >= 4 is 55.4 Å². The van der Waals surface area contributed by atoms with Gasteiger partial charge in [0.1, 0.15) is 0 Å². The second-order valence-electron chi connectivity index (χ2n) is 13.5. The summed E-state index contributed by atoms with van der Waals surface area (Å²) in [6.45, 7) is 4.75. The van der Waals surface area contributed by atoms with Crippen molar-refractivity contribution in [1.82, 2.24) is 0 Å². The molecular formula is C47H36N2S2. The Morgan fingerprint density at radius 3 is 1.12 bits per heavy atom. The van der Waals surface area contributed by atoms with Crippen molar-refractivity contribution in [2.24, 2.45) is 0 Å². The molecule has 9 rings (SSSR count). The first kappa shape index (κ1) is 31.3. The molecule has 2 heterocycles. The van der Waals surface area contributed by atoms with Crippen molar-refractivity contribution in [3.05, 3.63) is 192 Å². The Balaban J connectivity index is 1.08. The molecule has 8 aromatic rings. The first-order valence-corrected chi connectivity index (χ1v) is 19.1. The predicted octanol–water partition coefficient (Wildman–Crippen LogP) is 14.4. The molecule has 0 unspecified atom stereocenters. The van der Waals surface area contributed by atoms with Crippen molar-refractivity contribution in [1.29, 1.82) is 0 Å². The topological polar surface area (TPSA) is 6.48 Å². The number of thiophene rings is 2. The van der Waals surface area contributed by atoms with Crippen molar-refractivity contribution in [3.63, 3.8) is 0 Å². The lowest BCUT2D eigenvalue weighted by Gasteiger charge is -2.28. The molecule has 2 nitrogen and oxygen atoms in total. The highest BCUT2D eigenvalue weighted by atomic mass is 32.1. The second-order valence-corrected chi connectivity index (χ2v) is 15.3. The lowest BCUT2D eigenvalue weighted by Crippen LogP contribution is -2.17. The first-order valence-electron chi connectivity index (χ1n) is 17.3. The van der Waals surface area contributed by atoms with E-state index in [1.54, 1.807) is 22.7 Å². The molecule has 0 bridgehead atoms. The first-order chi connectivity index (χ1) is 25.0. The van der Waals surface area contributed by atoms with Crippen LogP contribution in [0.1, 0.15) is 25.0 Å². The molecule has 1 aliphatic carbocycles. The fourth-order valence-electron chi connectivity index (χ4n) is 7.46. The molecule has 2 aromatic heterocycles. The van der Waals surface area contributed by atoms with Gasteiger partial charge in [-0.2, -0.15) is 0 Å². The largest absolute Gasteiger partial charge is 0.302 e. The fourth-order valence-corrected chi connectivity index (χ4v) is 9.00. The fraction of sp³-hybridized carbons (Fsp3) is 0.0638. The third-order valence-electron chi connectivity index (χ3n) is 10.1. The van der Waals surface area contributed by atoms with Gasteiger partial charge in [0.05, 0.1) is 10.0 Å². The number of nitrogens with zero attached hydrogens (tertiary/aromatic N) is 2. The maximum absolute atomic E-state index is 2.42. The number of rotatable bonds is 8. The Labute approximate surface area is 308 Å². The molecule has 6 aromatic carbocycles. The lowest BCUT2D eigenvalue weighted by molar-refractivity contribution is 0.660. The molecule has 1 aliphatic rings. The van der Waals surface area contributed by atoms with Crippen LogP contribution in [-0.4, -0.2) is 0 Å². The highest BCUT2D eigenvalue weighted by Crippen LogP contribution is 2.53. The molecule has 0 saturated carbocycles. The number of hydrogen-bond donors (Lipinski definition) is 0. The summed E-state index contributed by atoms with van der Waals surface area (Å²) in [7, 11) is 0. The maximum atomic E-state index is 2.42. The SMILES string of the molecule is CC1(C)c2cc(N(c3ccc(-c4ccccc4)cc3)c3cccs3)ccc2-c2ccc(N(c3ccc(-c4ccccc4)cc3)c3cccs3)cc21. The third-order valence-corrected chi connectivity index (χ3v) is 11.8. The molecule has 4 heteroatoms. The molecule has 0 saturated heterocycles. The normalized spacial score (nSPS) is 12.7. The Bertz CT molecular complexity index is 2240. The number of benzene rings is 6. The molecule has 0 radical (unpaired) electrons. The summed E-state index contributed by atoms with van der Waals surface area (Å²) in [5.74, 6) is 0. The summed E-state index contributed by atoms with van der Waals surface area (Å²) in [5.41, 5.74) is 14.7. The van der Waals surface area contributed by atoms with Crippen molar-refractivity contribution < 1.29 is 0 Å². The van der Waals surface area contributed by atoms with Crippen LogP contribution in [0.3, 0.4) is 0 Å². The van der Waals surface area contributed by atoms with Gasteiger partial charge in [0.2, 0.25) is 0 Å². The summed E-state index contributed by atoms with van der Waals surface area (Å²) < 4.78 is 0. The monoisotopic (exact) mass is 692 g/mol. The van der Waals surface area contributed by atoms with Gasteiger partial charge in [0.25, 0.3) is 0 Å². The molecule has 0 N–H and O–H groups in total. The molecule has 246 valence electrons. The van der Waals surface area contributed by atoms with Crippen LogP contribution in [0.4, 0.5) is 32.8 Å². The standard InChI is InChI=1S/C47H36N2S2/c1-47(2)43-31-39(48(45-15-9-29-50-45)37-21-17-35(18-22-37)33-11-5-3-6-12-33)25-27-41(43)42-28-26-40(32-44(42)47)49(46-16-10-30-51-46)38-23-19-36(20-24-38)34-13-7-4-8-14-34/h3-32H,1-2H3. The average Bonchev–Trinajstić information content (AvgIpc) is 3.96. The van der Waals surface area contributed by atoms with E-state index in [0.29, 0.717) is 0 Å². The Hall–Kier alpha value is -5.68. The van der Waals surface area contributed by atoms with Crippen LogP contribution >= 0.6 is 22.7 Å². The van der Waals surface area contributed by atoms with Crippen molar-refractivity contribution in [3.8, 4) is 33.4 Å². The molecule has 51 heavy (non-hydrogen) atoms. The zero-order chi connectivity index (χ0) is 34.4. The predicted molar refractivity (Wildman–Crippen MR) is 220 cm³/mol. The van der Waals surface area contributed by atoms with E-state index in [1.807, 2.05) is 0 Å². The summed E-state index contributed by atoms with van der Waals surface area (Å²) in [4.78, 5) is 4.78. The zero-order valence-corrected chi connectivity index (χ0v) is 30.2. The van der Waals surface area contributed by atoms with Gasteiger partial charge in [-0.25, -0.2) is 0 Å². The van der Waals surface area contributed by atoms with E-state index in [1.165, 1.54) is 65.9 Å². The minimum absolute atomic E-state index is 0.187. The average molecular weight is 693 g/mol. The van der Waals surface area contributed by atoms with Gasteiger partial charge < -0.3 is 9.80 Å². The Morgan fingerprint density at radius 2 is 0.745 bits per heavy atom. The van der Waals surface area contributed by atoms with Gasteiger partial charge >= 0.3 is 0 Å². The molecule has 0 aliphatic heterocycles. The van der Waals surface area contributed by atoms with Gasteiger partial charge in [-0.05, 0) is 128 Å². The van der Waals surface area contributed by atoms with E-state index < -0.39 is 0 Å². The lowest BCUT2D eigenvalue weighted by atomic mass is 9.82. The smallest absolute Gasteiger partial charge is 0.0999 e.